The van der Waals surface area contributed by atoms with E-state index in [1.54, 1.807) is 18.3 Å². The molecular formula is C8H13N3S. The molecule has 0 fully saturated rings. The van der Waals surface area contributed by atoms with Crippen molar-refractivity contribution in [3.05, 3.63) is 16.1 Å². The van der Waals surface area contributed by atoms with Crippen LogP contribution in [0, 0.1) is 6.92 Å². The predicted molar refractivity (Wildman–Crippen MR) is 52.7 cm³/mol. The first-order chi connectivity index (χ1) is 5.68. The lowest BCUT2D eigenvalue weighted by Gasteiger charge is -1.91. The van der Waals surface area contributed by atoms with Gasteiger partial charge in [-0.25, -0.2) is 4.98 Å². The summed E-state index contributed by atoms with van der Waals surface area (Å²) in [6.45, 7) is 4.54. The standard InChI is InChI=1S/C8H13N3S/c1-6-5-12-8(11-6)3-4-10-7(2)9/h5H,3-4H2,1-2H3,(H2,9,10). The van der Waals surface area contributed by atoms with Crippen LogP contribution in [0.2, 0.25) is 0 Å². The van der Waals surface area contributed by atoms with Crippen molar-refractivity contribution in [1.29, 1.82) is 0 Å². The van der Waals surface area contributed by atoms with E-state index in [0.29, 0.717) is 5.84 Å². The van der Waals surface area contributed by atoms with Crippen molar-refractivity contribution < 1.29 is 0 Å². The first kappa shape index (κ1) is 9.19. The molecule has 0 aliphatic heterocycles. The van der Waals surface area contributed by atoms with Gasteiger partial charge in [0.05, 0.1) is 10.8 Å². The summed E-state index contributed by atoms with van der Waals surface area (Å²) in [6.07, 6.45) is 0.896. The van der Waals surface area contributed by atoms with Gasteiger partial charge in [-0.05, 0) is 13.8 Å². The zero-order valence-electron chi connectivity index (χ0n) is 7.37. The molecule has 0 aliphatic rings. The molecule has 1 rings (SSSR count). The molecule has 0 saturated carbocycles. The summed E-state index contributed by atoms with van der Waals surface area (Å²) >= 11 is 1.68. The van der Waals surface area contributed by atoms with Gasteiger partial charge in [0.25, 0.3) is 0 Å². The number of nitrogens with two attached hydrogens (primary N) is 1. The molecule has 3 nitrogen and oxygen atoms in total. The van der Waals surface area contributed by atoms with Crippen LogP contribution in [0.5, 0.6) is 0 Å². The third kappa shape index (κ3) is 3.00. The zero-order valence-corrected chi connectivity index (χ0v) is 8.19. The lowest BCUT2D eigenvalue weighted by molar-refractivity contribution is 0.942. The number of nitrogens with zero attached hydrogens (tertiary/aromatic N) is 2. The van der Waals surface area contributed by atoms with Gasteiger partial charge in [0.1, 0.15) is 0 Å². The van der Waals surface area contributed by atoms with Crippen molar-refractivity contribution >= 4 is 17.2 Å². The minimum atomic E-state index is 0.642. The Hall–Kier alpha value is -0.900. The Bertz CT molecular complexity index is 274. The molecule has 1 heterocycles. The van der Waals surface area contributed by atoms with E-state index in [1.807, 2.05) is 12.3 Å². The van der Waals surface area contributed by atoms with Crippen molar-refractivity contribution in [2.24, 2.45) is 10.7 Å². The van der Waals surface area contributed by atoms with Gasteiger partial charge in [0.15, 0.2) is 0 Å². The van der Waals surface area contributed by atoms with Crippen LogP contribution in [0.25, 0.3) is 0 Å². The van der Waals surface area contributed by atoms with E-state index < -0.39 is 0 Å². The monoisotopic (exact) mass is 183 g/mol. The van der Waals surface area contributed by atoms with Crippen molar-refractivity contribution in [3.63, 3.8) is 0 Å². The first-order valence-corrected chi connectivity index (χ1v) is 4.74. The highest BCUT2D eigenvalue weighted by Gasteiger charge is 1.96. The molecule has 0 radical (unpaired) electrons. The van der Waals surface area contributed by atoms with Gasteiger partial charge in [-0.3, -0.25) is 4.99 Å². The van der Waals surface area contributed by atoms with E-state index in [2.05, 4.69) is 9.98 Å². The molecule has 0 aromatic carbocycles. The SMILES string of the molecule is CC(N)=NCCc1nc(C)cs1. The molecule has 0 aliphatic carbocycles. The summed E-state index contributed by atoms with van der Waals surface area (Å²) in [5.74, 6) is 0.642. The third-order valence-corrected chi connectivity index (χ3v) is 2.38. The minimum absolute atomic E-state index is 0.642. The number of aliphatic imine (C=N–C) groups is 1. The zero-order chi connectivity index (χ0) is 8.97. The molecule has 0 amide bonds. The Morgan fingerprint density at radius 1 is 1.75 bits per heavy atom. The largest absolute Gasteiger partial charge is 0.388 e. The van der Waals surface area contributed by atoms with Gasteiger partial charge in [0, 0.05) is 24.0 Å². The number of thiazole rings is 1. The maximum absolute atomic E-state index is 5.39. The Morgan fingerprint density at radius 2 is 2.50 bits per heavy atom. The summed E-state index contributed by atoms with van der Waals surface area (Å²) in [7, 11) is 0. The minimum Gasteiger partial charge on any atom is -0.388 e. The predicted octanol–water partition coefficient (Wildman–Crippen LogP) is 1.37. The van der Waals surface area contributed by atoms with Gasteiger partial charge in [-0.2, -0.15) is 0 Å². The number of hydrogen-bond acceptors (Lipinski definition) is 3. The molecule has 2 N–H and O–H groups in total. The van der Waals surface area contributed by atoms with Crippen LogP contribution >= 0.6 is 11.3 Å². The van der Waals surface area contributed by atoms with Crippen LogP contribution in [0.15, 0.2) is 10.4 Å². The quantitative estimate of drug-likeness (QED) is 0.568. The second kappa shape index (κ2) is 4.21. The number of amidine groups is 1. The molecule has 4 heteroatoms. The average molecular weight is 183 g/mol. The van der Waals surface area contributed by atoms with Crippen molar-refractivity contribution in [1.82, 2.24) is 4.98 Å². The van der Waals surface area contributed by atoms with Crippen LogP contribution in [-0.4, -0.2) is 17.4 Å². The molecule has 0 bridgehead atoms. The van der Waals surface area contributed by atoms with E-state index in [1.165, 1.54) is 0 Å². The Balaban J connectivity index is 2.38. The number of hydrogen-bond donors (Lipinski definition) is 1. The fourth-order valence-electron chi connectivity index (χ4n) is 0.845. The van der Waals surface area contributed by atoms with Crippen LogP contribution in [0.3, 0.4) is 0 Å². The van der Waals surface area contributed by atoms with Crippen molar-refractivity contribution in [2.45, 2.75) is 20.3 Å². The van der Waals surface area contributed by atoms with Crippen LogP contribution in [0.1, 0.15) is 17.6 Å². The molecule has 0 atom stereocenters. The van der Waals surface area contributed by atoms with E-state index in [4.69, 9.17) is 5.73 Å². The molecule has 1 aromatic rings. The van der Waals surface area contributed by atoms with Crippen LogP contribution in [-0.2, 0) is 6.42 Å². The second-order valence-electron chi connectivity index (χ2n) is 2.66. The lowest BCUT2D eigenvalue weighted by atomic mass is 10.4. The fourth-order valence-corrected chi connectivity index (χ4v) is 1.61. The number of rotatable bonds is 3. The van der Waals surface area contributed by atoms with Gasteiger partial charge in [-0.1, -0.05) is 0 Å². The van der Waals surface area contributed by atoms with E-state index in [9.17, 15) is 0 Å². The molecule has 0 saturated heterocycles. The average Bonchev–Trinajstić information content (AvgIpc) is 2.35. The topological polar surface area (TPSA) is 51.3 Å². The Labute approximate surface area is 76.4 Å². The highest BCUT2D eigenvalue weighted by atomic mass is 32.1. The summed E-state index contributed by atoms with van der Waals surface area (Å²) in [5.41, 5.74) is 6.48. The first-order valence-electron chi connectivity index (χ1n) is 3.86. The molecule has 66 valence electrons. The number of aromatic nitrogens is 1. The lowest BCUT2D eigenvalue weighted by Crippen LogP contribution is -2.06. The van der Waals surface area contributed by atoms with Crippen molar-refractivity contribution in [2.75, 3.05) is 6.54 Å². The molecule has 1 aromatic heterocycles. The van der Waals surface area contributed by atoms with Gasteiger partial charge < -0.3 is 5.73 Å². The second-order valence-corrected chi connectivity index (χ2v) is 3.60. The summed E-state index contributed by atoms with van der Waals surface area (Å²) in [4.78, 5) is 8.41. The van der Waals surface area contributed by atoms with Crippen LogP contribution in [0.4, 0.5) is 0 Å². The smallest absolute Gasteiger partial charge is 0.0946 e. The maximum Gasteiger partial charge on any atom is 0.0946 e. The van der Waals surface area contributed by atoms with Gasteiger partial charge in [-0.15, -0.1) is 11.3 Å². The normalized spacial score (nSPS) is 12.0. The third-order valence-electron chi connectivity index (χ3n) is 1.35. The molecule has 0 unspecified atom stereocenters. The Morgan fingerprint density at radius 3 is 3.00 bits per heavy atom. The van der Waals surface area contributed by atoms with Gasteiger partial charge >= 0.3 is 0 Å². The summed E-state index contributed by atoms with van der Waals surface area (Å²) in [5, 5.41) is 3.19. The van der Waals surface area contributed by atoms with Gasteiger partial charge in [0.2, 0.25) is 0 Å². The highest BCUT2D eigenvalue weighted by Crippen LogP contribution is 2.08. The highest BCUT2D eigenvalue weighted by molar-refractivity contribution is 7.09. The van der Waals surface area contributed by atoms with Crippen LogP contribution < -0.4 is 5.73 Å². The van der Waals surface area contributed by atoms with Crippen molar-refractivity contribution in [3.8, 4) is 0 Å². The summed E-state index contributed by atoms with van der Waals surface area (Å²) < 4.78 is 0. The molecule has 12 heavy (non-hydrogen) atoms. The number of aryl methyl sites for hydroxylation is 1. The Kier molecular flexibility index (Phi) is 3.22. The fraction of sp³-hybridized carbons (Fsp3) is 0.500. The van der Waals surface area contributed by atoms with E-state index in [0.717, 1.165) is 23.7 Å². The van der Waals surface area contributed by atoms with E-state index >= 15 is 0 Å². The molecule has 0 spiro atoms. The molecular weight excluding hydrogens is 170 g/mol. The maximum atomic E-state index is 5.39. The summed E-state index contributed by atoms with van der Waals surface area (Å²) in [6, 6.07) is 0. The van der Waals surface area contributed by atoms with E-state index in [-0.39, 0.29) is 0 Å².